The number of hydrogen-bond acceptors (Lipinski definition) is 3. The van der Waals surface area contributed by atoms with Crippen LogP contribution in [0.4, 0.5) is 0 Å². The SMILES string of the molecule is CN=C(NCc1nnc2n1CCC2)N(C)Cc1ccc(C)cc1.I. The average molecular weight is 440 g/mol. The summed E-state index contributed by atoms with van der Waals surface area (Å²) in [4.78, 5) is 6.49. The summed E-state index contributed by atoms with van der Waals surface area (Å²) in [6.45, 7) is 4.60. The van der Waals surface area contributed by atoms with Gasteiger partial charge < -0.3 is 14.8 Å². The summed E-state index contributed by atoms with van der Waals surface area (Å²) < 4.78 is 2.21. The van der Waals surface area contributed by atoms with Crippen molar-refractivity contribution < 1.29 is 0 Å². The number of aromatic nitrogens is 3. The van der Waals surface area contributed by atoms with Gasteiger partial charge in [-0.3, -0.25) is 4.99 Å². The number of benzene rings is 1. The van der Waals surface area contributed by atoms with Crippen molar-refractivity contribution in [1.82, 2.24) is 25.0 Å². The van der Waals surface area contributed by atoms with Gasteiger partial charge in [0.2, 0.25) is 0 Å². The lowest BCUT2D eigenvalue weighted by Crippen LogP contribution is -2.38. The van der Waals surface area contributed by atoms with Crippen molar-refractivity contribution in [2.45, 2.75) is 39.4 Å². The highest BCUT2D eigenvalue weighted by atomic mass is 127. The van der Waals surface area contributed by atoms with Crippen molar-refractivity contribution in [3.05, 3.63) is 47.0 Å². The average Bonchev–Trinajstić information content (AvgIpc) is 3.14. The highest BCUT2D eigenvalue weighted by Gasteiger charge is 2.17. The molecule has 0 spiro atoms. The quantitative estimate of drug-likeness (QED) is 0.451. The number of fused-ring (bicyclic) bond motifs is 1. The first-order valence-corrected chi connectivity index (χ1v) is 8.05. The molecule has 0 saturated heterocycles. The minimum absolute atomic E-state index is 0. The van der Waals surface area contributed by atoms with E-state index in [4.69, 9.17) is 0 Å². The van der Waals surface area contributed by atoms with Crippen molar-refractivity contribution in [2.24, 2.45) is 4.99 Å². The van der Waals surface area contributed by atoms with Crippen LogP contribution in [-0.2, 0) is 26.1 Å². The predicted octanol–water partition coefficient (Wildman–Crippen LogP) is 2.36. The van der Waals surface area contributed by atoms with E-state index in [1.165, 1.54) is 17.5 Å². The van der Waals surface area contributed by atoms with Gasteiger partial charge in [-0.15, -0.1) is 34.2 Å². The van der Waals surface area contributed by atoms with Crippen LogP contribution in [0.15, 0.2) is 29.3 Å². The lowest BCUT2D eigenvalue weighted by molar-refractivity contribution is 0.474. The molecule has 0 unspecified atom stereocenters. The maximum absolute atomic E-state index is 4.37. The molecule has 1 N–H and O–H groups in total. The highest BCUT2D eigenvalue weighted by molar-refractivity contribution is 14.0. The monoisotopic (exact) mass is 440 g/mol. The third-order valence-corrected chi connectivity index (χ3v) is 4.20. The molecule has 1 aromatic heterocycles. The second-order valence-electron chi connectivity index (χ2n) is 6.03. The Balaban J connectivity index is 0.00000208. The molecule has 2 aromatic rings. The zero-order chi connectivity index (χ0) is 16.2. The lowest BCUT2D eigenvalue weighted by atomic mass is 10.1. The van der Waals surface area contributed by atoms with Crippen LogP contribution in [0, 0.1) is 6.92 Å². The molecule has 0 atom stereocenters. The Morgan fingerprint density at radius 2 is 2.04 bits per heavy atom. The zero-order valence-corrected chi connectivity index (χ0v) is 16.8. The summed E-state index contributed by atoms with van der Waals surface area (Å²) in [6.07, 6.45) is 2.20. The number of aryl methyl sites for hydroxylation is 2. The molecular weight excluding hydrogens is 415 g/mol. The Morgan fingerprint density at radius 1 is 1.29 bits per heavy atom. The van der Waals surface area contributed by atoms with Crippen LogP contribution >= 0.6 is 24.0 Å². The van der Waals surface area contributed by atoms with Gasteiger partial charge in [-0.2, -0.15) is 0 Å². The molecule has 3 rings (SSSR count). The molecule has 1 aliphatic heterocycles. The molecular formula is C17H25IN6. The van der Waals surface area contributed by atoms with Gasteiger partial charge in [-0.25, -0.2) is 0 Å². The third-order valence-electron chi connectivity index (χ3n) is 4.20. The summed E-state index contributed by atoms with van der Waals surface area (Å²) in [6, 6.07) is 8.59. The van der Waals surface area contributed by atoms with Crippen LogP contribution in [0.2, 0.25) is 0 Å². The van der Waals surface area contributed by atoms with Gasteiger partial charge in [0.15, 0.2) is 11.8 Å². The molecule has 2 heterocycles. The van der Waals surface area contributed by atoms with Gasteiger partial charge in [0.25, 0.3) is 0 Å². The Hall–Kier alpha value is -1.64. The Labute approximate surface area is 160 Å². The number of rotatable bonds is 4. The fourth-order valence-electron chi connectivity index (χ4n) is 2.93. The number of nitrogens with one attached hydrogen (secondary N) is 1. The van der Waals surface area contributed by atoms with E-state index in [9.17, 15) is 0 Å². The molecule has 0 radical (unpaired) electrons. The van der Waals surface area contributed by atoms with Crippen molar-refractivity contribution in [3.63, 3.8) is 0 Å². The van der Waals surface area contributed by atoms with Gasteiger partial charge in [0.1, 0.15) is 5.82 Å². The minimum Gasteiger partial charge on any atom is -0.349 e. The summed E-state index contributed by atoms with van der Waals surface area (Å²) in [5.74, 6) is 2.95. The van der Waals surface area contributed by atoms with E-state index in [0.29, 0.717) is 6.54 Å². The molecule has 1 aromatic carbocycles. The molecule has 0 aliphatic carbocycles. The third kappa shape index (κ3) is 4.25. The molecule has 0 fully saturated rings. The molecule has 6 nitrogen and oxygen atoms in total. The number of halogens is 1. The molecule has 7 heteroatoms. The first-order valence-electron chi connectivity index (χ1n) is 8.05. The fraction of sp³-hybridized carbons (Fsp3) is 0.471. The summed E-state index contributed by atoms with van der Waals surface area (Å²) >= 11 is 0. The number of aliphatic imine (C=N–C) groups is 1. The highest BCUT2D eigenvalue weighted by Crippen LogP contribution is 2.13. The van der Waals surface area contributed by atoms with E-state index >= 15 is 0 Å². The van der Waals surface area contributed by atoms with Crippen LogP contribution < -0.4 is 5.32 Å². The van der Waals surface area contributed by atoms with E-state index in [2.05, 4.69) is 61.2 Å². The van der Waals surface area contributed by atoms with Crippen molar-refractivity contribution in [2.75, 3.05) is 14.1 Å². The van der Waals surface area contributed by atoms with Crippen LogP contribution in [-0.4, -0.2) is 39.7 Å². The molecule has 130 valence electrons. The first kappa shape index (κ1) is 18.7. The van der Waals surface area contributed by atoms with Gasteiger partial charge >= 0.3 is 0 Å². The van der Waals surface area contributed by atoms with E-state index < -0.39 is 0 Å². The van der Waals surface area contributed by atoms with Crippen molar-refractivity contribution in [1.29, 1.82) is 0 Å². The molecule has 1 aliphatic rings. The van der Waals surface area contributed by atoms with E-state index in [1.807, 2.05) is 14.1 Å². The van der Waals surface area contributed by atoms with Crippen LogP contribution in [0.3, 0.4) is 0 Å². The fourth-order valence-corrected chi connectivity index (χ4v) is 2.93. The summed E-state index contributed by atoms with van der Waals surface area (Å²) in [7, 11) is 3.85. The Bertz CT molecular complexity index is 692. The second kappa shape index (κ2) is 8.46. The lowest BCUT2D eigenvalue weighted by Gasteiger charge is -2.22. The summed E-state index contributed by atoms with van der Waals surface area (Å²) in [5.41, 5.74) is 2.55. The molecule has 0 bridgehead atoms. The van der Waals surface area contributed by atoms with Crippen molar-refractivity contribution in [3.8, 4) is 0 Å². The molecule has 0 saturated carbocycles. The van der Waals surface area contributed by atoms with E-state index in [-0.39, 0.29) is 24.0 Å². The second-order valence-corrected chi connectivity index (χ2v) is 6.03. The number of hydrogen-bond donors (Lipinski definition) is 1. The summed E-state index contributed by atoms with van der Waals surface area (Å²) in [5, 5.41) is 11.9. The van der Waals surface area contributed by atoms with E-state index in [0.717, 1.165) is 37.1 Å². The van der Waals surface area contributed by atoms with Crippen molar-refractivity contribution >= 4 is 29.9 Å². The Kier molecular flexibility index (Phi) is 6.59. The van der Waals surface area contributed by atoms with Crippen LogP contribution in [0.25, 0.3) is 0 Å². The topological polar surface area (TPSA) is 58.3 Å². The number of nitrogens with zero attached hydrogens (tertiary/aromatic N) is 5. The number of guanidine groups is 1. The normalized spacial score (nSPS) is 13.4. The Morgan fingerprint density at radius 3 is 2.75 bits per heavy atom. The predicted molar refractivity (Wildman–Crippen MR) is 107 cm³/mol. The van der Waals surface area contributed by atoms with Crippen LogP contribution in [0.5, 0.6) is 0 Å². The zero-order valence-electron chi connectivity index (χ0n) is 14.5. The molecule has 0 amide bonds. The standard InChI is InChI=1S/C17H24N6.HI/c1-13-6-8-14(9-7-13)12-22(3)17(18-2)19-11-16-21-20-15-5-4-10-23(15)16;/h6-9H,4-5,10-12H2,1-3H3,(H,18,19);1H. The molecule has 24 heavy (non-hydrogen) atoms. The smallest absolute Gasteiger partial charge is 0.194 e. The van der Waals surface area contributed by atoms with Gasteiger partial charge in [0, 0.05) is 33.6 Å². The maximum Gasteiger partial charge on any atom is 0.194 e. The van der Waals surface area contributed by atoms with E-state index in [1.54, 1.807) is 0 Å². The first-order chi connectivity index (χ1) is 11.2. The largest absolute Gasteiger partial charge is 0.349 e. The van der Waals surface area contributed by atoms with Crippen LogP contribution in [0.1, 0.15) is 29.2 Å². The van der Waals surface area contributed by atoms with Gasteiger partial charge in [-0.05, 0) is 18.9 Å². The minimum atomic E-state index is 0. The van der Waals surface area contributed by atoms with Gasteiger partial charge in [-0.1, -0.05) is 29.8 Å². The van der Waals surface area contributed by atoms with Gasteiger partial charge in [0.05, 0.1) is 6.54 Å². The maximum atomic E-state index is 4.37.